The maximum absolute atomic E-state index is 11.5. The molecule has 0 aliphatic heterocycles. The molecule has 0 aliphatic carbocycles. The standard InChI is InChI=1S/C15H27N3O3/c1-5-11(6-2)13-15(18(20)21)17(9-10-19)14(16-13)12(7-3)8-4/h11-12,19H,5-10H2,1-4H3. The zero-order chi connectivity index (χ0) is 16.0. The molecule has 0 fully saturated rings. The molecule has 0 aromatic carbocycles. The molecule has 0 radical (unpaired) electrons. The van der Waals surface area contributed by atoms with Gasteiger partial charge in [-0.15, -0.1) is 0 Å². The van der Waals surface area contributed by atoms with Gasteiger partial charge in [0.05, 0.1) is 6.61 Å². The highest BCUT2D eigenvalue weighted by atomic mass is 16.6. The first kappa shape index (κ1) is 17.6. The summed E-state index contributed by atoms with van der Waals surface area (Å²) in [5.41, 5.74) is 0.584. The van der Waals surface area contributed by atoms with Crippen molar-refractivity contribution < 1.29 is 10.0 Å². The first-order chi connectivity index (χ1) is 10.0. The van der Waals surface area contributed by atoms with E-state index in [0.29, 0.717) is 5.69 Å². The van der Waals surface area contributed by atoms with Gasteiger partial charge >= 0.3 is 5.82 Å². The Hall–Kier alpha value is -1.43. The van der Waals surface area contributed by atoms with Gasteiger partial charge in [-0.1, -0.05) is 27.7 Å². The molecule has 1 heterocycles. The number of hydrogen-bond acceptors (Lipinski definition) is 4. The van der Waals surface area contributed by atoms with E-state index >= 15 is 0 Å². The Kier molecular flexibility index (Phi) is 6.81. The zero-order valence-corrected chi connectivity index (χ0v) is 13.5. The Morgan fingerprint density at radius 2 is 1.67 bits per heavy atom. The molecule has 0 bridgehead atoms. The van der Waals surface area contributed by atoms with Crippen molar-refractivity contribution in [3.63, 3.8) is 0 Å². The third kappa shape index (κ3) is 3.61. The van der Waals surface area contributed by atoms with Gasteiger partial charge in [0.25, 0.3) is 0 Å². The van der Waals surface area contributed by atoms with Crippen molar-refractivity contribution in [1.82, 2.24) is 9.55 Å². The molecule has 0 amide bonds. The third-order valence-electron chi connectivity index (χ3n) is 4.22. The Bertz CT molecular complexity index is 463. The monoisotopic (exact) mass is 297 g/mol. The van der Waals surface area contributed by atoms with Crippen LogP contribution in [0.15, 0.2) is 0 Å². The number of aliphatic hydroxyl groups is 1. The predicted octanol–water partition coefficient (Wildman–Crippen LogP) is 3.59. The normalized spacial score (nSPS) is 11.6. The van der Waals surface area contributed by atoms with Crippen LogP contribution in [0.4, 0.5) is 5.82 Å². The minimum Gasteiger partial charge on any atom is -0.392 e. The van der Waals surface area contributed by atoms with Crippen molar-refractivity contribution in [3.8, 4) is 0 Å². The molecule has 1 aromatic heterocycles. The summed E-state index contributed by atoms with van der Waals surface area (Å²) in [6, 6.07) is 0. The van der Waals surface area contributed by atoms with E-state index in [0.717, 1.165) is 31.5 Å². The van der Waals surface area contributed by atoms with Crippen molar-refractivity contribution in [2.45, 2.75) is 71.8 Å². The Morgan fingerprint density at radius 1 is 1.14 bits per heavy atom. The number of rotatable bonds is 9. The average molecular weight is 297 g/mol. The summed E-state index contributed by atoms with van der Waals surface area (Å²) in [5.74, 6) is 1.11. The van der Waals surface area contributed by atoms with Crippen molar-refractivity contribution in [2.24, 2.45) is 0 Å². The van der Waals surface area contributed by atoms with Crippen LogP contribution in [0, 0.1) is 10.1 Å². The minimum atomic E-state index is -0.345. The lowest BCUT2D eigenvalue weighted by Gasteiger charge is -2.10. The van der Waals surface area contributed by atoms with Gasteiger partial charge in [0.15, 0.2) is 5.82 Å². The van der Waals surface area contributed by atoms with Crippen LogP contribution in [0.1, 0.15) is 76.7 Å². The number of aromatic nitrogens is 2. The summed E-state index contributed by atoms with van der Waals surface area (Å²) in [6.45, 7) is 8.30. The van der Waals surface area contributed by atoms with E-state index in [4.69, 9.17) is 0 Å². The number of nitro groups is 1. The fourth-order valence-electron chi connectivity index (χ4n) is 2.91. The molecule has 21 heavy (non-hydrogen) atoms. The van der Waals surface area contributed by atoms with Gasteiger partial charge in [-0.25, -0.2) is 9.55 Å². The Balaban J connectivity index is 3.50. The molecule has 0 unspecified atom stereocenters. The number of aliphatic hydroxyl groups excluding tert-OH is 1. The summed E-state index contributed by atoms with van der Waals surface area (Å²) < 4.78 is 1.62. The molecular weight excluding hydrogens is 270 g/mol. The van der Waals surface area contributed by atoms with Crippen LogP contribution in [-0.2, 0) is 6.54 Å². The molecule has 0 spiro atoms. The van der Waals surface area contributed by atoms with Crippen LogP contribution in [-0.4, -0.2) is 26.2 Å². The summed E-state index contributed by atoms with van der Waals surface area (Å²) in [5, 5.41) is 20.8. The second-order valence-electron chi connectivity index (χ2n) is 5.34. The lowest BCUT2D eigenvalue weighted by atomic mass is 9.99. The van der Waals surface area contributed by atoms with Crippen molar-refractivity contribution in [1.29, 1.82) is 0 Å². The second-order valence-corrected chi connectivity index (χ2v) is 5.34. The van der Waals surface area contributed by atoms with Crippen LogP contribution in [0.5, 0.6) is 0 Å². The lowest BCUT2D eigenvalue weighted by Crippen LogP contribution is -2.13. The van der Waals surface area contributed by atoms with Gasteiger partial charge in [-0.2, -0.15) is 0 Å². The van der Waals surface area contributed by atoms with E-state index in [1.165, 1.54) is 0 Å². The summed E-state index contributed by atoms with van der Waals surface area (Å²) in [6.07, 6.45) is 3.43. The number of nitrogens with zero attached hydrogens (tertiary/aromatic N) is 3. The molecule has 6 nitrogen and oxygen atoms in total. The van der Waals surface area contributed by atoms with Crippen molar-refractivity contribution in [3.05, 3.63) is 21.6 Å². The summed E-state index contributed by atoms with van der Waals surface area (Å²) in [4.78, 5) is 15.8. The largest absolute Gasteiger partial charge is 0.392 e. The maximum Gasteiger partial charge on any atom is 0.346 e. The molecule has 0 saturated heterocycles. The van der Waals surface area contributed by atoms with Gasteiger partial charge in [0.2, 0.25) is 0 Å². The van der Waals surface area contributed by atoms with Crippen LogP contribution >= 0.6 is 0 Å². The zero-order valence-electron chi connectivity index (χ0n) is 13.5. The van der Waals surface area contributed by atoms with Gasteiger partial charge < -0.3 is 15.2 Å². The van der Waals surface area contributed by atoms with E-state index in [-0.39, 0.29) is 35.7 Å². The van der Waals surface area contributed by atoms with E-state index in [9.17, 15) is 15.2 Å². The summed E-state index contributed by atoms with van der Waals surface area (Å²) >= 11 is 0. The predicted molar refractivity (Wildman–Crippen MR) is 82.6 cm³/mol. The average Bonchev–Trinajstić information content (AvgIpc) is 2.82. The second kappa shape index (κ2) is 8.12. The van der Waals surface area contributed by atoms with Crippen LogP contribution in [0.25, 0.3) is 0 Å². The van der Waals surface area contributed by atoms with Gasteiger partial charge in [-0.05, 0) is 30.6 Å². The molecule has 120 valence electrons. The Labute approximate surface area is 126 Å². The molecule has 6 heteroatoms. The molecule has 0 saturated carbocycles. The maximum atomic E-state index is 11.5. The quantitative estimate of drug-likeness (QED) is 0.558. The van der Waals surface area contributed by atoms with Gasteiger partial charge in [0.1, 0.15) is 12.2 Å². The molecule has 1 rings (SSSR count). The minimum absolute atomic E-state index is 0.0691. The summed E-state index contributed by atoms with van der Waals surface area (Å²) in [7, 11) is 0. The van der Waals surface area contributed by atoms with E-state index in [1.807, 2.05) is 13.8 Å². The van der Waals surface area contributed by atoms with Gasteiger partial charge in [-0.3, -0.25) is 0 Å². The number of imidazole rings is 1. The van der Waals surface area contributed by atoms with Crippen LogP contribution < -0.4 is 0 Å². The lowest BCUT2D eigenvalue weighted by molar-refractivity contribution is -0.393. The van der Waals surface area contributed by atoms with E-state index in [1.54, 1.807) is 4.57 Å². The van der Waals surface area contributed by atoms with Crippen LogP contribution in [0.2, 0.25) is 0 Å². The fourth-order valence-corrected chi connectivity index (χ4v) is 2.91. The molecule has 0 aliphatic rings. The highest BCUT2D eigenvalue weighted by molar-refractivity contribution is 5.35. The van der Waals surface area contributed by atoms with Crippen molar-refractivity contribution in [2.75, 3.05) is 6.61 Å². The molecular formula is C15H27N3O3. The molecule has 1 aromatic rings. The molecule has 1 N–H and O–H groups in total. The highest BCUT2D eigenvalue weighted by Gasteiger charge is 2.32. The Morgan fingerprint density at radius 3 is 2.05 bits per heavy atom. The highest BCUT2D eigenvalue weighted by Crippen LogP contribution is 2.35. The van der Waals surface area contributed by atoms with Crippen molar-refractivity contribution >= 4 is 5.82 Å². The smallest absolute Gasteiger partial charge is 0.346 e. The first-order valence-corrected chi connectivity index (χ1v) is 7.90. The van der Waals surface area contributed by atoms with E-state index < -0.39 is 0 Å². The van der Waals surface area contributed by atoms with E-state index in [2.05, 4.69) is 18.8 Å². The topological polar surface area (TPSA) is 81.2 Å². The first-order valence-electron chi connectivity index (χ1n) is 7.90. The van der Waals surface area contributed by atoms with Gasteiger partial charge in [0, 0.05) is 11.8 Å². The number of hydrogen-bond donors (Lipinski definition) is 1. The third-order valence-corrected chi connectivity index (χ3v) is 4.22. The molecule has 0 atom stereocenters. The van der Waals surface area contributed by atoms with Crippen LogP contribution in [0.3, 0.4) is 0 Å². The fraction of sp³-hybridized carbons (Fsp3) is 0.800. The SMILES string of the molecule is CCC(CC)c1nc(C(CC)CC)n(CCO)c1[N+](=O)[O-].